The molecule has 0 saturated heterocycles. The third kappa shape index (κ3) is 2.67. The molecule has 1 aromatic carbocycles. The number of aromatic nitrogens is 1. The van der Waals surface area contributed by atoms with Crippen LogP contribution in [0.4, 0.5) is 0 Å². The van der Waals surface area contributed by atoms with Crippen molar-refractivity contribution in [3.63, 3.8) is 0 Å². The number of benzene rings is 1. The molecule has 18 heavy (non-hydrogen) atoms. The number of halogens is 1. The van der Waals surface area contributed by atoms with Gasteiger partial charge in [0.15, 0.2) is 5.78 Å². The molecule has 0 saturated carbocycles. The molecule has 4 heteroatoms. The van der Waals surface area contributed by atoms with Gasteiger partial charge in [0, 0.05) is 22.7 Å². The molecule has 0 aliphatic carbocycles. The largest absolute Gasteiger partial charge is 0.494 e. The van der Waals surface area contributed by atoms with E-state index in [-0.39, 0.29) is 11.7 Å². The van der Waals surface area contributed by atoms with E-state index in [2.05, 4.69) is 11.9 Å². The number of rotatable bonds is 6. The topological polar surface area (TPSA) is 42.1 Å². The van der Waals surface area contributed by atoms with Crippen LogP contribution in [0.2, 0.25) is 0 Å². The summed E-state index contributed by atoms with van der Waals surface area (Å²) < 4.78 is 5.63. The van der Waals surface area contributed by atoms with E-state index in [1.165, 1.54) is 0 Å². The zero-order valence-corrected chi connectivity index (χ0v) is 11.1. The summed E-state index contributed by atoms with van der Waals surface area (Å²) in [5, 5.41) is 0.870. The average Bonchev–Trinajstić information content (AvgIpc) is 2.81. The number of H-pyrrole nitrogens is 1. The van der Waals surface area contributed by atoms with Gasteiger partial charge in [-0.05, 0) is 24.6 Å². The first-order valence-electron chi connectivity index (χ1n) is 6.09. The molecule has 1 aromatic heterocycles. The van der Waals surface area contributed by atoms with Gasteiger partial charge >= 0.3 is 0 Å². The summed E-state index contributed by atoms with van der Waals surface area (Å²) in [5.41, 5.74) is 1.55. The van der Waals surface area contributed by atoms with E-state index in [1.54, 1.807) is 6.20 Å². The molecule has 2 aromatic rings. The summed E-state index contributed by atoms with van der Waals surface area (Å²) in [6.45, 7) is 2.82. The number of fused-ring (bicyclic) bond motifs is 1. The van der Waals surface area contributed by atoms with Crippen LogP contribution in [-0.2, 0) is 0 Å². The highest BCUT2D eigenvalue weighted by atomic mass is 35.5. The van der Waals surface area contributed by atoms with Crippen molar-refractivity contribution in [1.82, 2.24) is 4.98 Å². The number of unbranched alkanes of at least 4 members (excludes halogenated alkanes) is 1. The van der Waals surface area contributed by atoms with Gasteiger partial charge < -0.3 is 9.72 Å². The van der Waals surface area contributed by atoms with E-state index in [0.717, 1.165) is 29.5 Å². The summed E-state index contributed by atoms with van der Waals surface area (Å²) in [6.07, 6.45) is 3.83. The second-order valence-electron chi connectivity index (χ2n) is 4.17. The van der Waals surface area contributed by atoms with Crippen molar-refractivity contribution in [2.75, 3.05) is 12.5 Å². The molecular formula is C14H16ClNO2. The number of hydrogen-bond acceptors (Lipinski definition) is 2. The van der Waals surface area contributed by atoms with Gasteiger partial charge in [0.1, 0.15) is 5.75 Å². The van der Waals surface area contributed by atoms with Crippen molar-refractivity contribution < 1.29 is 9.53 Å². The first-order valence-corrected chi connectivity index (χ1v) is 6.62. The monoisotopic (exact) mass is 265 g/mol. The van der Waals surface area contributed by atoms with Crippen LogP contribution in [0.15, 0.2) is 24.4 Å². The van der Waals surface area contributed by atoms with Crippen molar-refractivity contribution in [3.8, 4) is 5.75 Å². The Bertz CT molecular complexity index is 548. The number of Topliss-reactive ketones (excluding diaryl/α,β-unsaturated/α-hetero) is 1. The van der Waals surface area contributed by atoms with E-state index >= 15 is 0 Å². The average molecular weight is 266 g/mol. The molecule has 0 spiro atoms. The molecule has 1 heterocycles. The maximum atomic E-state index is 11.7. The number of aromatic amines is 1. The Morgan fingerprint density at radius 2 is 2.28 bits per heavy atom. The lowest BCUT2D eigenvalue weighted by Crippen LogP contribution is -1.99. The van der Waals surface area contributed by atoms with Crippen LogP contribution in [0.25, 0.3) is 10.9 Å². The molecule has 3 nitrogen and oxygen atoms in total. The molecule has 0 bridgehead atoms. The quantitative estimate of drug-likeness (QED) is 0.491. The second kappa shape index (κ2) is 5.91. The summed E-state index contributed by atoms with van der Waals surface area (Å²) in [5.74, 6) is 0.709. The SMILES string of the molecule is CCCCOc1ccc2[nH]cc(C(=O)CCl)c2c1. The first-order chi connectivity index (χ1) is 8.76. The predicted molar refractivity (Wildman–Crippen MR) is 73.8 cm³/mol. The summed E-state index contributed by atoms with van der Waals surface area (Å²) in [7, 11) is 0. The fourth-order valence-electron chi connectivity index (χ4n) is 1.83. The number of carbonyl (C=O) groups is 1. The minimum Gasteiger partial charge on any atom is -0.494 e. The van der Waals surface area contributed by atoms with Crippen LogP contribution in [0, 0.1) is 0 Å². The molecule has 96 valence electrons. The summed E-state index contributed by atoms with van der Waals surface area (Å²) >= 11 is 5.59. The standard InChI is InChI=1S/C14H16ClNO2/c1-2-3-6-18-10-4-5-13-11(7-10)12(9-16-13)14(17)8-15/h4-5,7,9,16H,2-3,6,8H2,1H3. The second-order valence-corrected chi connectivity index (χ2v) is 4.44. The van der Waals surface area contributed by atoms with E-state index in [1.807, 2.05) is 18.2 Å². The number of ketones is 1. The Morgan fingerprint density at radius 3 is 3.00 bits per heavy atom. The van der Waals surface area contributed by atoms with Crippen LogP contribution in [0.3, 0.4) is 0 Å². The van der Waals surface area contributed by atoms with E-state index in [0.29, 0.717) is 12.2 Å². The summed E-state index contributed by atoms with van der Waals surface area (Å²) in [4.78, 5) is 14.7. The van der Waals surface area contributed by atoms with Gasteiger partial charge in [-0.1, -0.05) is 13.3 Å². The fourth-order valence-corrected chi connectivity index (χ4v) is 1.97. The third-order valence-corrected chi connectivity index (χ3v) is 3.08. The van der Waals surface area contributed by atoms with Crippen LogP contribution in [0.5, 0.6) is 5.75 Å². The predicted octanol–water partition coefficient (Wildman–Crippen LogP) is 3.77. The molecule has 0 amide bonds. The summed E-state index contributed by atoms with van der Waals surface area (Å²) in [6, 6.07) is 5.71. The molecule has 0 radical (unpaired) electrons. The van der Waals surface area contributed by atoms with Gasteiger partial charge in [0.05, 0.1) is 12.5 Å². The third-order valence-electron chi connectivity index (χ3n) is 2.84. The molecule has 0 aliphatic heterocycles. The lowest BCUT2D eigenvalue weighted by atomic mass is 10.1. The first kappa shape index (κ1) is 13.0. The molecule has 0 fully saturated rings. The number of ether oxygens (including phenoxy) is 1. The number of nitrogens with one attached hydrogen (secondary N) is 1. The van der Waals surface area contributed by atoms with Crippen LogP contribution < -0.4 is 4.74 Å². The van der Waals surface area contributed by atoms with Gasteiger partial charge in [0.25, 0.3) is 0 Å². The Kier molecular flexibility index (Phi) is 4.26. The molecule has 0 atom stereocenters. The Hall–Kier alpha value is -1.48. The molecule has 1 N–H and O–H groups in total. The minimum atomic E-state index is -0.0753. The van der Waals surface area contributed by atoms with Gasteiger partial charge in [-0.2, -0.15) is 0 Å². The fraction of sp³-hybridized carbons (Fsp3) is 0.357. The minimum absolute atomic E-state index is 0.00608. The lowest BCUT2D eigenvalue weighted by Gasteiger charge is -2.05. The number of alkyl halides is 1. The number of hydrogen-bond donors (Lipinski definition) is 1. The molecule has 0 unspecified atom stereocenters. The van der Waals surface area contributed by atoms with Gasteiger partial charge in [-0.25, -0.2) is 0 Å². The van der Waals surface area contributed by atoms with E-state index in [4.69, 9.17) is 16.3 Å². The molecular weight excluding hydrogens is 250 g/mol. The van der Waals surface area contributed by atoms with Gasteiger partial charge in [-0.3, -0.25) is 4.79 Å². The Morgan fingerprint density at radius 1 is 1.44 bits per heavy atom. The van der Waals surface area contributed by atoms with E-state index < -0.39 is 0 Å². The van der Waals surface area contributed by atoms with E-state index in [9.17, 15) is 4.79 Å². The van der Waals surface area contributed by atoms with Crippen molar-refractivity contribution in [2.45, 2.75) is 19.8 Å². The Labute approximate surface area is 111 Å². The zero-order chi connectivity index (χ0) is 13.0. The zero-order valence-electron chi connectivity index (χ0n) is 10.3. The maximum absolute atomic E-state index is 11.7. The van der Waals surface area contributed by atoms with Crippen molar-refractivity contribution in [1.29, 1.82) is 0 Å². The van der Waals surface area contributed by atoms with Gasteiger partial charge in [0.2, 0.25) is 0 Å². The van der Waals surface area contributed by atoms with Gasteiger partial charge in [-0.15, -0.1) is 11.6 Å². The Balaban J connectivity index is 2.27. The maximum Gasteiger partial charge on any atom is 0.179 e. The highest BCUT2D eigenvalue weighted by Gasteiger charge is 2.11. The number of carbonyl (C=O) groups excluding carboxylic acids is 1. The normalized spacial score (nSPS) is 10.8. The highest BCUT2D eigenvalue weighted by molar-refractivity contribution is 6.32. The molecule has 0 aliphatic rings. The van der Waals surface area contributed by atoms with Crippen LogP contribution in [0.1, 0.15) is 30.1 Å². The van der Waals surface area contributed by atoms with Crippen LogP contribution in [-0.4, -0.2) is 23.3 Å². The smallest absolute Gasteiger partial charge is 0.179 e. The highest BCUT2D eigenvalue weighted by Crippen LogP contribution is 2.24. The van der Waals surface area contributed by atoms with Crippen LogP contribution >= 0.6 is 11.6 Å². The lowest BCUT2D eigenvalue weighted by molar-refractivity contribution is 0.102. The van der Waals surface area contributed by atoms with Crippen molar-refractivity contribution in [3.05, 3.63) is 30.0 Å². The molecule has 2 rings (SSSR count). The van der Waals surface area contributed by atoms with Crippen molar-refractivity contribution >= 4 is 28.3 Å². The van der Waals surface area contributed by atoms with Crippen molar-refractivity contribution in [2.24, 2.45) is 0 Å².